The number of rotatable bonds is 6. The van der Waals surface area contributed by atoms with Gasteiger partial charge in [0.05, 0.1) is 0 Å². The lowest BCUT2D eigenvalue weighted by Gasteiger charge is -2.17. The molecule has 2 N–H and O–H groups in total. The van der Waals surface area contributed by atoms with Crippen molar-refractivity contribution >= 4 is 41.6 Å². The second-order valence-electron chi connectivity index (χ2n) is 7.14. The highest BCUT2D eigenvalue weighted by atomic mass is 35.5. The minimum Gasteiger partial charge on any atom is -0.341 e. The van der Waals surface area contributed by atoms with Crippen LogP contribution >= 0.6 is 12.4 Å². The zero-order valence-electron chi connectivity index (χ0n) is 16.9. The van der Waals surface area contributed by atoms with Crippen LogP contribution in [-0.4, -0.2) is 28.0 Å². The van der Waals surface area contributed by atoms with Gasteiger partial charge in [-0.05, 0) is 56.0 Å². The summed E-state index contributed by atoms with van der Waals surface area (Å²) in [6, 6.07) is 16.6. The van der Waals surface area contributed by atoms with Gasteiger partial charge in [0.25, 0.3) is 0 Å². The van der Waals surface area contributed by atoms with Crippen molar-refractivity contribution in [2.45, 2.75) is 33.1 Å². The van der Waals surface area contributed by atoms with Gasteiger partial charge in [0.2, 0.25) is 17.8 Å². The van der Waals surface area contributed by atoms with E-state index in [2.05, 4.69) is 80.7 Å². The average molecular weight is 411 g/mol. The molecule has 1 aliphatic heterocycles. The molecule has 2 heterocycles. The summed E-state index contributed by atoms with van der Waals surface area (Å²) in [6.45, 7) is 6.20. The molecule has 2 aromatic carbocycles. The van der Waals surface area contributed by atoms with Gasteiger partial charge in [0, 0.05) is 24.5 Å². The Labute approximate surface area is 178 Å². The summed E-state index contributed by atoms with van der Waals surface area (Å²) >= 11 is 0. The summed E-state index contributed by atoms with van der Waals surface area (Å²) in [6.07, 6.45) is 3.37. The van der Waals surface area contributed by atoms with E-state index in [0.717, 1.165) is 36.8 Å². The van der Waals surface area contributed by atoms with Crippen LogP contribution in [-0.2, 0) is 6.42 Å². The highest BCUT2D eigenvalue weighted by Crippen LogP contribution is 2.23. The van der Waals surface area contributed by atoms with Crippen LogP contribution in [0.4, 0.5) is 29.2 Å². The van der Waals surface area contributed by atoms with Crippen molar-refractivity contribution in [3.05, 3.63) is 59.7 Å². The van der Waals surface area contributed by atoms with E-state index in [1.807, 2.05) is 12.1 Å². The van der Waals surface area contributed by atoms with E-state index in [4.69, 9.17) is 0 Å². The van der Waals surface area contributed by atoms with Gasteiger partial charge in [-0.25, -0.2) is 0 Å². The molecule has 7 heteroatoms. The Bertz CT molecular complexity index is 921. The number of hydrogen-bond donors (Lipinski definition) is 2. The molecule has 0 unspecified atom stereocenters. The Morgan fingerprint density at radius 2 is 1.31 bits per heavy atom. The van der Waals surface area contributed by atoms with Crippen molar-refractivity contribution in [3.63, 3.8) is 0 Å². The van der Waals surface area contributed by atoms with Crippen LogP contribution in [0.1, 0.15) is 30.9 Å². The lowest BCUT2D eigenvalue weighted by molar-refractivity contribution is 0.886. The molecule has 0 amide bonds. The molecule has 0 bridgehead atoms. The normalized spacial score (nSPS) is 13.1. The van der Waals surface area contributed by atoms with Gasteiger partial charge in [-0.3, -0.25) is 0 Å². The van der Waals surface area contributed by atoms with Crippen molar-refractivity contribution in [1.82, 2.24) is 15.0 Å². The Hall–Kier alpha value is -2.86. The molecule has 6 nitrogen and oxygen atoms in total. The molecule has 0 aliphatic carbocycles. The molecule has 0 radical (unpaired) electrons. The smallest absolute Gasteiger partial charge is 0.233 e. The average Bonchev–Trinajstić information content (AvgIpc) is 3.25. The van der Waals surface area contributed by atoms with Crippen LogP contribution < -0.4 is 15.5 Å². The van der Waals surface area contributed by atoms with Gasteiger partial charge < -0.3 is 15.5 Å². The number of halogens is 1. The number of aryl methyl sites for hydroxylation is 2. The zero-order valence-corrected chi connectivity index (χ0v) is 17.7. The number of aromatic nitrogens is 3. The van der Waals surface area contributed by atoms with Gasteiger partial charge in [-0.15, -0.1) is 12.4 Å². The summed E-state index contributed by atoms with van der Waals surface area (Å²) in [4.78, 5) is 16.1. The number of anilines is 5. The van der Waals surface area contributed by atoms with Crippen molar-refractivity contribution in [2.75, 3.05) is 28.6 Å². The van der Waals surface area contributed by atoms with E-state index in [-0.39, 0.29) is 12.4 Å². The van der Waals surface area contributed by atoms with Crippen LogP contribution in [0.25, 0.3) is 0 Å². The third-order valence-corrected chi connectivity index (χ3v) is 4.94. The van der Waals surface area contributed by atoms with Crippen LogP contribution in [0, 0.1) is 6.92 Å². The first-order valence-corrected chi connectivity index (χ1v) is 9.90. The quantitative estimate of drug-likeness (QED) is 0.578. The Balaban J connectivity index is 0.00000240. The first-order valence-electron chi connectivity index (χ1n) is 9.90. The van der Waals surface area contributed by atoms with Crippen molar-refractivity contribution in [1.29, 1.82) is 0 Å². The van der Waals surface area contributed by atoms with E-state index in [1.54, 1.807) is 0 Å². The minimum atomic E-state index is 0. The van der Waals surface area contributed by atoms with Crippen molar-refractivity contribution < 1.29 is 0 Å². The number of nitrogens with zero attached hydrogens (tertiary/aromatic N) is 4. The van der Waals surface area contributed by atoms with Gasteiger partial charge in [-0.2, -0.15) is 15.0 Å². The van der Waals surface area contributed by atoms with E-state index in [1.165, 1.54) is 24.0 Å². The highest BCUT2D eigenvalue weighted by Gasteiger charge is 2.17. The summed E-state index contributed by atoms with van der Waals surface area (Å²) in [5.41, 5.74) is 4.46. The molecule has 1 saturated heterocycles. The zero-order chi connectivity index (χ0) is 19.3. The minimum absolute atomic E-state index is 0. The Morgan fingerprint density at radius 3 is 1.83 bits per heavy atom. The molecule has 1 aromatic heterocycles. The summed E-state index contributed by atoms with van der Waals surface area (Å²) in [7, 11) is 0. The molecule has 1 aliphatic rings. The Morgan fingerprint density at radius 1 is 0.793 bits per heavy atom. The molecule has 1 fully saturated rings. The second-order valence-corrected chi connectivity index (χ2v) is 7.14. The van der Waals surface area contributed by atoms with Crippen LogP contribution in [0.15, 0.2) is 48.5 Å². The van der Waals surface area contributed by atoms with Gasteiger partial charge >= 0.3 is 0 Å². The fraction of sp³-hybridized carbons (Fsp3) is 0.318. The molecule has 4 rings (SSSR count). The fourth-order valence-corrected chi connectivity index (χ4v) is 3.25. The van der Waals surface area contributed by atoms with Crippen molar-refractivity contribution in [3.8, 4) is 0 Å². The number of nitrogens with one attached hydrogen (secondary N) is 2. The second kappa shape index (κ2) is 9.56. The summed E-state index contributed by atoms with van der Waals surface area (Å²) < 4.78 is 0. The molecular weight excluding hydrogens is 384 g/mol. The predicted octanol–water partition coefficient (Wildman–Crippen LogP) is 5.25. The largest absolute Gasteiger partial charge is 0.341 e. The molecule has 0 saturated carbocycles. The molecular formula is C22H27ClN6. The third-order valence-electron chi connectivity index (χ3n) is 4.94. The lowest BCUT2D eigenvalue weighted by Crippen LogP contribution is -2.21. The van der Waals surface area contributed by atoms with E-state index in [9.17, 15) is 0 Å². The van der Waals surface area contributed by atoms with Gasteiger partial charge in [0.1, 0.15) is 0 Å². The van der Waals surface area contributed by atoms with E-state index in [0.29, 0.717) is 11.9 Å². The number of hydrogen-bond acceptors (Lipinski definition) is 6. The van der Waals surface area contributed by atoms with Crippen LogP contribution in [0.5, 0.6) is 0 Å². The fourth-order valence-electron chi connectivity index (χ4n) is 3.25. The molecule has 3 aromatic rings. The van der Waals surface area contributed by atoms with Gasteiger partial charge in [-0.1, -0.05) is 36.8 Å². The van der Waals surface area contributed by atoms with Gasteiger partial charge in [0.15, 0.2) is 0 Å². The molecule has 152 valence electrons. The third kappa shape index (κ3) is 5.35. The van der Waals surface area contributed by atoms with Crippen LogP contribution in [0.2, 0.25) is 0 Å². The SMILES string of the molecule is CCc1ccc(Nc2nc(Nc3ccc(C)cc3)nc(N3CCCC3)n2)cc1.Cl. The maximum atomic E-state index is 4.66. The monoisotopic (exact) mass is 410 g/mol. The van der Waals surface area contributed by atoms with Crippen molar-refractivity contribution in [2.24, 2.45) is 0 Å². The van der Waals surface area contributed by atoms with Crippen LogP contribution in [0.3, 0.4) is 0 Å². The molecule has 0 atom stereocenters. The standard InChI is InChI=1S/C22H26N6.ClH/c1-3-17-8-12-19(13-9-17)24-21-25-20(23-18-10-6-16(2)7-11-18)26-22(27-21)28-14-4-5-15-28;/h6-13H,3-5,14-15H2,1-2H3,(H2,23,24,25,26,27);1H. The summed E-state index contributed by atoms with van der Waals surface area (Å²) in [5.74, 6) is 1.82. The molecule has 29 heavy (non-hydrogen) atoms. The topological polar surface area (TPSA) is 66.0 Å². The molecule has 0 spiro atoms. The predicted molar refractivity (Wildman–Crippen MR) is 122 cm³/mol. The first kappa shape index (κ1) is 20.9. The lowest BCUT2D eigenvalue weighted by atomic mass is 10.1. The van der Waals surface area contributed by atoms with E-state index >= 15 is 0 Å². The first-order chi connectivity index (χ1) is 13.7. The number of benzene rings is 2. The highest BCUT2D eigenvalue weighted by molar-refractivity contribution is 5.85. The maximum Gasteiger partial charge on any atom is 0.233 e. The summed E-state index contributed by atoms with van der Waals surface area (Å²) in [5, 5.41) is 6.64. The van der Waals surface area contributed by atoms with E-state index < -0.39 is 0 Å². The maximum absolute atomic E-state index is 4.66. The Kier molecular flexibility index (Phi) is 6.88.